The second kappa shape index (κ2) is 3.48. The van der Waals surface area contributed by atoms with Crippen LogP contribution in [-0.2, 0) is 22.7 Å². The van der Waals surface area contributed by atoms with Crippen LogP contribution in [0.1, 0.15) is 17.5 Å². The fourth-order valence-corrected chi connectivity index (χ4v) is 2.66. The Bertz CT molecular complexity index is 517. The Balaban J connectivity index is 2.51. The first-order valence-corrected chi connectivity index (χ1v) is 6.24. The molecule has 0 bridgehead atoms. The normalized spacial score (nSPS) is 16.2. The minimum Gasteiger partial charge on any atom is -0.214 e. The molecule has 0 saturated carbocycles. The molecule has 88 valence electrons. The smallest absolute Gasteiger partial charge is 0.214 e. The molecule has 0 saturated heterocycles. The van der Waals surface area contributed by atoms with Crippen molar-refractivity contribution in [3.05, 3.63) is 29.3 Å². The van der Waals surface area contributed by atoms with E-state index in [-0.39, 0.29) is 0 Å². The highest BCUT2D eigenvalue weighted by molar-refractivity contribution is 7.92. The van der Waals surface area contributed by atoms with E-state index >= 15 is 0 Å². The summed E-state index contributed by atoms with van der Waals surface area (Å²) in [7, 11) is -5.20. The van der Waals surface area contributed by atoms with Crippen molar-refractivity contribution in [3.8, 4) is 0 Å². The minimum absolute atomic E-state index is 0.649. The Kier molecular flexibility index (Phi) is 2.49. The van der Waals surface area contributed by atoms with Crippen molar-refractivity contribution in [1.29, 1.82) is 0 Å². The van der Waals surface area contributed by atoms with Crippen molar-refractivity contribution in [2.24, 2.45) is 0 Å². The van der Waals surface area contributed by atoms with Crippen LogP contribution in [0.3, 0.4) is 0 Å². The number of fused-ring (bicyclic) bond motifs is 1. The predicted molar refractivity (Wildman–Crippen MR) is 51.7 cm³/mol. The van der Waals surface area contributed by atoms with Crippen LogP contribution >= 0.6 is 0 Å². The number of halogens is 3. The maximum absolute atomic E-state index is 12.3. The second-order valence-electron chi connectivity index (χ2n) is 3.73. The molecule has 0 fully saturated rings. The Morgan fingerprint density at radius 1 is 1.06 bits per heavy atom. The molecule has 0 aliphatic heterocycles. The zero-order chi connectivity index (χ0) is 12.0. The summed E-state index contributed by atoms with van der Waals surface area (Å²) >= 11 is 0. The van der Waals surface area contributed by atoms with Gasteiger partial charge in [0.05, 0.1) is 4.90 Å². The van der Waals surface area contributed by atoms with E-state index in [0.29, 0.717) is 12.0 Å². The number of hydrogen-bond acceptors (Lipinski definition) is 2. The van der Waals surface area contributed by atoms with Crippen LogP contribution in [0.2, 0.25) is 0 Å². The van der Waals surface area contributed by atoms with E-state index in [0.717, 1.165) is 30.5 Å². The largest absolute Gasteiger partial charge is 0.501 e. The average Bonchev–Trinajstić information content (AvgIpc) is 2.61. The first kappa shape index (κ1) is 11.4. The first-order valence-electron chi connectivity index (χ1n) is 4.75. The van der Waals surface area contributed by atoms with E-state index in [1.54, 1.807) is 0 Å². The van der Waals surface area contributed by atoms with E-state index in [1.165, 1.54) is 6.07 Å². The maximum Gasteiger partial charge on any atom is 0.501 e. The summed E-state index contributed by atoms with van der Waals surface area (Å²) in [6, 6.07) is 3.65. The Labute approximate surface area is 91.0 Å². The van der Waals surface area contributed by atoms with Crippen molar-refractivity contribution in [2.45, 2.75) is 29.7 Å². The molecule has 1 aromatic carbocycles. The topological polar surface area (TPSA) is 34.1 Å². The highest BCUT2D eigenvalue weighted by atomic mass is 32.2. The zero-order valence-electron chi connectivity index (χ0n) is 8.21. The minimum atomic E-state index is -5.22. The molecule has 0 atom stereocenters. The van der Waals surface area contributed by atoms with Crippen LogP contribution in [0.25, 0.3) is 0 Å². The molecule has 0 amide bonds. The number of benzene rings is 1. The van der Waals surface area contributed by atoms with Gasteiger partial charge in [0.1, 0.15) is 0 Å². The number of aryl methyl sites for hydroxylation is 2. The summed E-state index contributed by atoms with van der Waals surface area (Å²) in [6.07, 6.45) is 2.32. The molecule has 2 nitrogen and oxygen atoms in total. The van der Waals surface area contributed by atoms with Gasteiger partial charge >= 0.3 is 5.51 Å². The lowest BCUT2D eigenvalue weighted by Gasteiger charge is -2.09. The predicted octanol–water partition coefficient (Wildman–Crippen LogP) is 2.47. The molecule has 0 spiro atoms. The van der Waals surface area contributed by atoms with Crippen LogP contribution < -0.4 is 0 Å². The van der Waals surface area contributed by atoms with Crippen molar-refractivity contribution in [2.75, 3.05) is 0 Å². The average molecular weight is 250 g/mol. The Morgan fingerprint density at radius 3 is 2.31 bits per heavy atom. The highest BCUT2D eigenvalue weighted by Crippen LogP contribution is 2.32. The van der Waals surface area contributed by atoms with Gasteiger partial charge in [-0.25, -0.2) is 8.42 Å². The van der Waals surface area contributed by atoms with Crippen molar-refractivity contribution < 1.29 is 21.6 Å². The van der Waals surface area contributed by atoms with Gasteiger partial charge < -0.3 is 0 Å². The highest BCUT2D eigenvalue weighted by Gasteiger charge is 2.47. The molecular formula is C10H9F3O2S. The third kappa shape index (κ3) is 1.71. The van der Waals surface area contributed by atoms with Crippen molar-refractivity contribution >= 4 is 9.84 Å². The molecule has 16 heavy (non-hydrogen) atoms. The lowest BCUT2D eigenvalue weighted by Crippen LogP contribution is -2.23. The Morgan fingerprint density at radius 2 is 1.69 bits per heavy atom. The van der Waals surface area contributed by atoms with E-state index in [4.69, 9.17) is 0 Å². The molecule has 0 N–H and O–H groups in total. The maximum atomic E-state index is 12.3. The second-order valence-corrected chi connectivity index (χ2v) is 5.67. The molecule has 1 aromatic rings. The monoisotopic (exact) mass is 250 g/mol. The standard InChI is InChI=1S/C10H9F3O2S/c11-10(12,13)16(14,15)9-5-4-7-2-1-3-8(7)6-9/h4-6H,1-3H2. The SMILES string of the molecule is O=S(=O)(c1ccc2c(c1)CCC2)C(F)(F)F. The summed E-state index contributed by atoms with van der Waals surface area (Å²) in [5, 5.41) is 0. The molecule has 1 aliphatic rings. The lowest BCUT2D eigenvalue weighted by atomic mass is 10.1. The van der Waals surface area contributed by atoms with E-state index < -0.39 is 20.2 Å². The number of rotatable bonds is 1. The van der Waals surface area contributed by atoms with Crippen molar-refractivity contribution in [3.63, 3.8) is 0 Å². The molecule has 1 aliphatic carbocycles. The van der Waals surface area contributed by atoms with E-state index in [2.05, 4.69) is 0 Å². The molecule has 0 unspecified atom stereocenters. The first-order chi connectivity index (χ1) is 7.32. The fraction of sp³-hybridized carbons (Fsp3) is 0.400. The summed E-state index contributed by atoms with van der Waals surface area (Å²) in [6.45, 7) is 0. The molecular weight excluding hydrogens is 241 g/mol. The van der Waals surface area contributed by atoms with E-state index in [9.17, 15) is 21.6 Å². The van der Waals surface area contributed by atoms with Crippen LogP contribution in [0.15, 0.2) is 23.1 Å². The van der Waals surface area contributed by atoms with Crippen LogP contribution in [0.5, 0.6) is 0 Å². The van der Waals surface area contributed by atoms with Gasteiger partial charge in [0.25, 0.3) is 9.84 Å². The molecule has 6 heteroatoms. The number of sulfone groups is 1. The summed E-state index contributed by atoms with van der Waals surface area (Å²) < 4.78 is 59.1. The quantitative estimate of drug-likeness (QED) is 0.767. The number of alkyl halides is 3. The van der Waals surface area contributed by atoms with Gasteiger partial charge in [-0.2, -0.15) is 13.2 Å². The molecule has 0 heterocycles. The van der Waals surface area contributed by atoms with Gasteiger partial charge in [0.2, 0.25) is 0 Å². The molecule has 2 rings (SSSR count). The third-order valence-electron chi connectivity index (χ3n) is 2.68. The summed E-state index contributed by atoms with van der Waals surface area (Å²) in [5.41, 5.74) is -3.56. The third-order valence-corrected chi connectivity index (χ3v) is 4.17. The molecule has 0 radical (unpaired) electrons. The van der Waals surface area contributed by atoms with Crippen LogP contribution in [0.4, 0.5) is 13.2 Å². The van der Waals surface area contributed by atoms with Gasteiger partial charge in [-0.15, -0.1) is 0 Å². The van der Waals surface area contributed by atoms with E-state index in [1.807, 2.05) is 0 Å². The van der Waals surface area contributed by atoms with Gasteiger partial charge in [0, 0.05) is 0 Å². The Hall–Kier alpha value is -1.04. The lowest BCUT2D eigenvalue weighted by molar-refractivity contribution is -0.0436. The van der Waals surface area contributed by atoms with Crippen molar-refractivity contribution in [1.82, 2.24) is 0 Å². The fourth-order valence-electron chi connectivity index (χ4n) is 1.85. The summed E-state index contributed by atoms with van der Waals surface area (Å²) in [4.78, 5) is -0.652. The zero-order valence-corrected chi connectivity index (χ0v) is 9.03. The van der Waals surface area contributed by atoms with Gasteiger partial charge in [-0.05, 0) is 42.5 Å². The van der Waals surface area contributed by atoms with Crippen LogP contribution in [-0.4, -0.2) is 13.9 Å². The van der Waals surface area contributed by atoms with Gasteiger partial charge in [0.15, 0.2) is 0 Å². The van der Waals surface area contributed by atoms with Gasteiger partial charge in [-0.3, -0.25) is 0 Å². The van der Waals surface area contributed by atoms with Crippen LogP contribution in [0, 0.1) is 0 Å². The van der Waals surface area contributed by atoms with Gasteiger partial charge in [-0.1, -0.05) is 6.07 Å². The number of hydrogen-bond donors (Lipinski definition) is 0. The summed E-state index contributed by atoms with van der Waals surface area (Å²) in [5.74, 6) is 0. The molecule has 0 aromatic heterocycles.